The number of aromatic nitrogens is 2. The number of hydrogen-bond acceptors (Lipinski definition) is 4. The minimum atomic E-state index is -0.234. The lowest BCUT2D eigenvalue weighted by atomic mass is 10.3. The second kappa shape index (κ2) is 3.59. The second-order valence-electron chi connectivity index (χ2n) is 3.96. The molecule has 16 heavy (non-hydrogen) atoms. The summed E-state index contributed by atoms with van der Waals surface area (Å²) >= 11 is 1.74. The van der Waals surface area contributed by atoms with Gasteiger partial charge in [0.1, 0.15) is 0 Å². The fourth-order valence-corrected chi connectivity index (χ4v) is 3.36. The fourth-order valence-electron chi connectivity index (χ4n) is 2.16. The average Bonchev–Trinajstić information content (AvgIpc) is 2.88. The first-order valence-electron chi connectivity index (χ1n) is 5.33. The topological polar surface area (TPSA) is 43.6 Å². The Morgan fingerprint density at radius 1 is 1.62 bits per heavy atom. The SMILES string of the molecule is COC(=O)Cc1cn2c3c(sc2n1)CCC3. The van der Waals surface area contributed by atoms with Gasteiger partial charge in [-0.3, -0.25) is 9.20 Å². The van der Waals surface area contributed by atoms with Crippen LogP contribution in [-0.4, -0.2) is 22.5 Å². The maximum Gasteiger partial charge on any atom is 0.311 e. The number of ether oxygens (including phenoxy) is 1. The summed E-state index contributed by atoms with van der Waals surface area (Å²) in [6.07, 6.45) is 5.77. The summed E-state index contributed by atoms with van der Waals surface area (Å²) in [5.41, 5.74) is 2.18. The van der Waals surface area contributed by atoms with E-state index in [2.05, 4.69) is 14.1 Å². The number of hydrogen-bond donors (Lipinski definition) is 0. The first kappa shape index (κ1) is 9.84. The molecule has 0 radical (unpaired) electrons. The molecule has 84 valence electrons. The Morgan fingerprint density at radius 3 is 3.31 bits per heavy atom. The lowest BCUT2D eigenvalue weighted by Gasteiger charge is -1.94. The average molecular weight is 236 g/mol. The molecule has 0 N–H and O–H groups in total. The Kier molecular flexibility index (Phi) is 2.21. The van der Waals surface area contributed by atoms with E-state index in [4.69, 9.17) is 0 Å². The zero-order chi connectivity index (χ0) is 11.1. The van der Waals surface area contributed by atoms with Gasteiger partial charge in [-0.1, -0.05) is 0 Å². The zero-order valence-corrected chi connectivity index (χ0v) is 9.84. The summed E-state index contributed by atoms with van der Waals surface area (Å²) in [6, 6.07) is 0. The molecule has 0 amide bonds. The van der Waals surface area contributed by atoms with E-state index in [9.17, 15) is 4.79 Å². The van der Waals surface area contributed by atoms with Crippen molar-refractivity contribution in [2.24, 2.45) is 0 Å². The summed E-state index contributed by atoms with van der Waals surface area (Å²) in [5.74, 6) is -0.234. The van der Waals surface area contributed by atoms with Crippen LogP contribution in [-0.2, 0) is 28.8 Å². The number of thiazole rings is 1. The molecule has 2 aromatic heterocycles. The van der Waals surface area contributed by atoms with Crippen molar-refractivity contribution in [1.82, 2.24) is 9.38 Å². The zero-order valence-electron chi connectivity index (χ0n) is 9.02. The highest BCUT2D eigenvalue weighted by Gasteiger charge is 2.19. The Labute approximate surface area is 96.9 Å². The molecule has 1 aliphatic rings. The number of aryl methyl sites for hydroxylation is 2. The van der Waals surface area contributed by atoms with Crippen molar-refractivity contribution in [2.45, 2.75) is 25.7 Å². The van der Waals surface area contributed by atoms with Crippen LogP contribution in [0.15, 0.2) is 6.20 Å². The Balaban J connectivity index is 1.98. The quantitative estimate of drug-likeness (QED) is 0.744. The van der Waals surface area contributed by atoms with Gasteiger partial charge in [-0.15, -0.1) is 11.3 Å². The van der Waals surface area contributed by atoms with Crippen LogP contribution in [0.1, 0.15) is 22.7 Å². The Morgan fingerprint density at radius 2 is 2.50 bits per heavy atom. The maximum atomic E-state index is 11.1. The minimum Gasteiger partial charge on any atom is -0.469 e. The van der Waals surface area contributed by atoms with E-state index in [1.807, 2.05) is 6.20 Å². The highest BCUT2D eigenvalue weighted by molar-refractivity contribution is 7.17. The first-order chi connectivity index (χ1) is 7.78. The molecule has 5 heteroatoms. The van der Waals surface area contributed by atoms with Crippen LogP contribution in [0.5, 0.6) is 0 Å². The highest BCUT2D eigenvalue weighted by Crippen LogP contribution is 2.30. The predicted octanol–water partition coefficient (Wildman–Crippen LogP) is 1.60. The number of nitrogens with zero attached hydrogens (tertiary/aromatic N) is 2. The van der Waals surface area contributed by atoms with Crippen molar-refractivity contribution >= 4 is 22.3 Å². The van der Waals surface area contributed by atoms with E-state index < -0.39 is 0 Å². The number of imidazole rings is 1. The van der Waals surface area contributed by atoms with Gasteiger partial charge in [-0.25, -0.2) is 4.98 Å². The third-order valence-corrected chi connectivity index (χ3v) is 4.08. The molecule has 0 atom stereocenters. The fraction of sp³-hybridized carbons (Fsp3) is 0.455. The van der Waals surface area contributed by atoms with Crippen LogP contribution in [0, 0.1) is 0 Å². The summed E-state index contributed by atoms with van der Waals surface area (Å²) in [7, 11) is 1.40. The molecule has 0 spiro atoms. The van der Waals surface area contributed by atoms with Crippen molar-refractivity contribution in [3.05, 3.63) is 22.5 Å². The monoisotopic (exact) mass is 236 g/mol. The van der Waals surface area contributed by atoms with Gasteiger partial charge in [0.15, 0.2) is 4.96 Å². The van der Waals surface area contributed by atoms with E-state index >= 15 is 0 Å². The number of esters is 1. The van der Waals surface area contributed by atoms with Gasteiger partial charge in [0.2, 0.25) is 0 Å². The smallest absolute Gasteiger partial charge is 0.311 e. The molecule has 0 aromatic carbocycles. The molecule has 1 aliphatic carbocycles. The minimum absolute atomic E-state index is 0.234. The number of fused-ring (bicyclic) bond motifs is 3. The molecule has 0 fully saturated rings. The van der Waals surface area contributed by atoms with Gasteiger partial charge in [0.25, 0.3) is 0 Å². The van der Waals surface area contributed by atoms with Crippen molar-refractivity contribution in [1.29, 1.82) is 0 Å². The molecule has 0 aliphatic heterocycles. The lowest BCUT2D eigenvalue weighted by Crippen LogP contribution is -2.04. The van der Waals surface area contributed by atoms with E-state index in [-0.39, 0.29) is 12.4 Å². The molecular weight excluding hydrogens is 224 g/mol. The first-order valence-corrected chi connectivity index (χ1v) is 6.15. The Bertz CT molecular complexity index is 556. The standard InChI is InChI=1S/C11H12N2O2S/c1-15-10(14)5-7-6-13-8-3-2-4-9(8)16-11(13)12-7/h6H,2-5H2,1H3. The molecule has 0 saturated carbocycles. The van der Waals surface area contributed by atoms with Crippen molar-refractivity contribution in [2.75, 3.05) is 7.11 Å². The number of methoxy groups -OCH3 is 1. The second-order valence-corrected chi connectivity index (χ2v) is 5.03. The van der Waals surface area contributed by atoms with Crippen LogP contribution < -0.4 is 0 Å². The van der Waals surface area contributed by atoms with E-state index in [1.165, 1.54) is 30.5 Å². The molecule has 2 aromatic rings. The normalized spacial score (nSPS) is 14.3. The van der Waals surface area contributed by atoms with E-state index in [0.29, 0.717) is 0 Å². The van der Waals surface area contributed by atoms with Gasteiger partial charge in [0, 0.05) is 16.8 Å². The van der Waals surface area contributed by atoms with Crippen LogP contribution in [0.4, 0.5) is 0 Å². The van der Waals surface area contributed by atoms with Gasteiger partial charge in [-0.05, 0) is 19.3 Å². The molecule has 0 bridgehead atoms. The number of carbonyl (C=O) groups is 1. The molecule has 0 saturated heterocycles. The van der Waals surface area contributed by atoms with Gasteiger partial charge in [0.05, 0.1) is 19.2 Å². The van der Waals surface area contributed by atoms with Gasteiger partial charge >= 0.3 is 5.97 Å². The third-order valence-electron chi connectivity index (χ3n) is 2.92. The third kappa shape index (κ3) is 1.43. The molecule has 3 rings (SSSR count). The van der Waals surface area contributed by atoms with Crippen molar-refractivity contribution in [3.8, 4) is 0 Å². The summed E-state index contributed by atoms with van der Waals surface area (Å²) in [4.78, 5) is 18.0. The summed E-state index contributed by atoms with van der Waals surface area (Å²) < 4.78 is 6.76. The van der Waals surface area contributed by atoms with Crippen molar-refractivity contribution < 1.29 is 9.53 Å². The molecule has 2 heterocycles. The lowest BCUT2D eigenvalue weighted by molar-refractivity contribution is -0.139. The van der Waals surface area contributed by atoms with E-state index in [0.717, 1.165) is 17.1 Å². The van der Waals surface area contributed by atoms with Crippen LogP contribution in [0.3, 0.4) is 0 Å². The van der Waals surface area contributed by atoms with Crippen LogP contribution in [0.25, 0.3) is 4.96 Å². The molecular formula is C11H12N2O2S. The number of rotatable bonds is 2. The van der Waals surface area contributed by atoms with E-state index in [1.54, 1.807) is 11.3 Å². The van der Waals surface area contributed by atoms with Crippen molar-refractivity contribution in [3.63, 3.8) is 0 Å². The van der Waals surface area contributed by atoms with Crippen LogP contribution >= 0.6 is 11.3 Å². The summed E-state index contributed by atoms with van der Waals surface area (Å²) in [5, 5.41) is 0. The van der Waals surface area contributed by atoms with Gasteiger partial charge in [-0.2, -0.15) is 0 Å². The van der Waals surface area contributed by atoms with Gasteiger partial charge < -0.3 is 4.74 Å². The number of carbonyl (C=O) groups excluding carboxylic acids is 1. The Hall–Kier alpha value is -1.36. The molecule has 0 unspecified atom stereocenters. The maximum absolute atomic E-state index is 11.1. The highest BCUT2D eigenvalue weighted by atomic mass is 32.1. The molecule has 4 nitrogen and oxygen atoms in total. The summed E-state index contributed by atoms with van der Waals surface area (Å²) in [6.45, 7) is 0. The van der Waals surface area contributed by atoms with Crippen LogP contribution in [0.2, 0.25) is 0 Å². The predicted molar refractivity (Wildman–Crippen MR) is 60.8 cm³/mol. The largest absolute Gasteiger partial charge is 0.469 e.